The lowest BCUT2D eigenvalue weighted by Crippen LogP contribution is -2.25. The summed E-state index contributed by atoms with van der Waals surface area (Å²) >= 11 is 0. The fourth-order valence-corrected chi connectivity index (χ4v) is 2.77. The summed E-state index contributed by atoms with van der Waals surface area (Å²) in [6.45, 7) is 0.590. The minimum Gasteiger partial charge on any atom is -0.454 e. The number of aromatic nitrogens is 2. The third-order valence-corrected chi connectivity index (χ3v) is 4.03. The van der Waals surface area contributed by atoms with Crippen LogP contribution in [0.3, 0.4) is 0 Å². The number of hydrogen-bond acceptors (Lipinski definition) is 5. The molecule has 0 radical (unpaired) electrons. The van der Waals surface area contributed by atoms with Crippen LogP contribution in [0.4, 0.5) is 0 Å². The highest BCUT2D eigenvalue weighted by Crippen LogP contribution is 2.32. The van der Waals surface area contributed by atoms with Crippen LogP contribution < -0.4 is 20.3 Å². The standard InChI is InChI=1S/C18H15N3O4/c22-17(19-9-11-5-6-15-16(7-11)25-10-24-15)8-14-12-3-1-2-4-13(12)18(23)21-20-14/h1-7H,8-10H2,(H,19,22)(H,21,23). The first-order valence-electron chi connectivity index (χ1n) is 7.82. The number of benzene rings is 2. The average molecular weight is 337 g/mol. The van der Waals surface area contributed by atoms with E-state index in [1.165, 1.54) is 0 Å². The Bertz CT molecular complexity index is 1010. The molecule has 4 rings (SSSR count). The number of aromatic amines is 1. The van der Waals surface area contributed by atoms with Gasteiger partial charge in [-0.1, -0.05) is 24.3 Å². The van der Waals surface area contributed by atoms with Crippen molar-refractivity contribution in [1.82, 2.24) is 15.5 Å². The van der Waals surface area contributed by atoms with E-state index < -0.39 is 0 Å². The predicted octanol–water partition coefficient (Wildman–Crippen LogP) is 1.51. The molecule has 7 heteroatoms. The predicted molar refractivity (Wildman–Crippen MR) is 90.5 cm³/mol. The van der Waals surface area contributed by atoms with E-state index >= 15 is 0 Å². The van der Waals surface area contributed by atoms with E-state index in [0.29, 0.717) is 34.5 Å². The Balaban J connectivity index is 1.46. The molecular formula is C18H15N3O4. The Morgan fingerprint density at radius 2 is 1.92 bits per heavy atom. The molecule has 25 heavy (non-hydrogen) atoms. The molecule has 0 saturated heterocycles. The van der Waals surface area contributed by atoms with Crippen LogP contribution in [0, 0.1) is 0 Å². The number of nitrogens with one attached hydrogen (secondary N) is 2. The molecule has 0 bridgehead atoms. The van der Waals surface area contributed by atoms with Crippen LogP contribution in [0.2, 0.25) is 0 Å². The molecule has 0 aliphatic carbocycles. The third kappa shape index (κ3) is 3.03. The second-order valence-electron chi connectivity index (χ2n) is 5.69. The van der Waals surface area contributed by atoms with Crippen LogP contribution in [0.25, 0.3) is 10.8 Å². The van der Waals surface area contributed by atoms with Crippen molar-refractivity contribution in [3.05, 3.63) is 64.1 Å². The van der Waals surface area contributed by atoms with Gasteiger partial charge in [0.25, 0.3) is 5.56 Å². The van der Waals surface area contributed by atoms with Gasteiger partial charge in [0.15, 0.2) is 11.5 Å². The molecule has 0 spiro atoms. The van der Waals surface area contributed by atoms with Crippen molar-refractivity contribution in [1.29, 1.82) is 0 Å². The zero-order valence-electron chi connectivity index (χ0n) is 13.2. The van der Waals surface area contributed by atoms with Crippen molar-refractivity contribution >= 4 is 16.7 Å². The maximum Gasteiger partial charge on any atom is 0.272 e. The summed E-state index contributed by atoms with van der Waals surface area (Å²) in [5, 5.41) is 10.5. The summed E-state index contributed by atoms with van der Waals surface area (Å²) in [6.07, 6.45) is 0.0852. The fraction of sp³-hybridized carbons (Fsp3) is 0.167. The van der Waals surface area contributed by atoms with Crippen molar-refractivity contribution in [3.8, 4) is 11.5 Å². The van der Waals surface area contributed by atoms with E-state index in [2.05, 4.69) is 15.5 Å². The molecule has 0 atom stereocenters. The highest BCUT2D eigenvalue weighted by molar-refractivity contribution is 5.88. The van der Waals surface area contributed by atoms with Crippen LogP contribution >= 0.6 is 0 Å². The van der Waals surface area contributed by atoms with Crippen molar-refractivity contribution in [2.45, 2.75) is 13.0 Å². The van der Waals surface area contributed by atoms with Gasteiger partial charge in [0.1, 0.15) is 0 Å². The van der Waals surface area contributed by atoms with E-state index in [1.54, 1.807) is 18.2 Å². The number of rotatable bonds is 4. The van der Waals surface area contributed by atoms with Gasteiger partial charge < -0.3 is 14.8 Å². The Labute approximate surface area is 142 Å². The summed E-state index contributed by atoms with van der Waals surface area (Å²) in [6, 6.07) is 12.6. The first-order chi connectivity index (χ1) is 12.2. The lowest BCUT2D eigenvalue weighted by molar-refractivity contribution is -0.120. The van der Waals surface area contributed by atoms with Gasteiger partial charge in [0.2, 0.25) is 12.7 Å². The van der Waals surface area contributed by atoms with Gasteiger partial charge in [-0.15, -0.1) is 0 Å². The van der Waals surface area contributed by atoms with Gasteiger partial charge >= 0.3 is 0 Å². The van der Waals surface area contributed by atoms with Gasteiger partial charge in [-0.25, -0.2) is 5.10 Å². The summed E-state index contributed by atoms with van der Waals surface area (Å²) < 4.78 is 10.6. The number of amides is 1. The SMILES string of the molecule is O=C(Cc1n[nH]c(=O)c2ccccc12)NCc1ccc2c(c1)OCO2. The first kappa shape index (κ1) is 15.2. The molecule has 0 saturated carbocycles. The topological polar surface area (TPSA) is 93.3 Å². The highest BCUT2D eigenvalue weighted by atomic mass is 16.7. The highest BCUT2D eigenvalue weighted by Gasteiger charge is 2.14. The average Bonchev–Trinajstić information content (AvgIpc) is 3.10. The molecule has 3 aromatic rings. The molecule has 2 N–H and O–H groups in total. The van der Waals surface area contributed by atoms with Crippen LogP contribution in [0.1, 0.15) is 11.3 Å². The number of H-pyrrole nitrogens is 1. The summed E-state index contributed by atoms with van der Waals surface area (Å²) in [7, 11) is 0. The lowest BCUT2D eigenvalue weighted by Gasteiger charge is -2.07. The number of nitrogens with zero attached hydrogens (tertiary/aromatic N) is 1. The quantitative estimate of drug-likeness (QED) is 0.753. The summed E-state index contributed by atoms with van der Waals surface area (Å²) in [4.78, 5) is 24.0. The van der Waals surface area contributed by atoms with E-state index in [1.807, 2.05) is 24.3 Å². The lowest BCUT2D eigenvalue weighted by atomic mass is 10.1. The van der Waals surface area contributed by atoms with Crippen LogP contribution in [0.15, 0.2) is 47.3 Å². The van der Waals surface area contributed by atoms with E-state index in [9.17, 15) is 9.59 Å². The zero-order chi connectivity index (χ0) is 17.2. The Morgan fingerprint density at radius 1 is 1.12 bits per heavy atom. The fourth-order valence-electron chi connectivity index (χ4n) is 2.77. The molecule has 1 aliphatic heterocycles. The number of carbonyl (C=O) groups excluding carboxylic acids is 1. The van der Waals surface area contributed by atoms with Crippen molar-refractivity contribution in [2.75, 3.05) is 6.79 Å². The molecule has 126 valence electrons. The second-order valence-corrected chi connectivity index (χ2v) is 5.69. The third-order valence-electron chi connectivity index (χ3n) is 4.03. The Hall–Kier alpha value is -3.35. The van der Waals surface area contributed by atoms with Gasteiger partial charge in [-0.2, -0.15) is 5.10 Å². The molecule has 2 heterocycles. The molecule has 2 aromatic carbocycles. The van der Waals surface area contributed by atoms with Gasteiger partial charge in [-0.3, -0.25) is 9.59 Å². The zero-order valence-corrected chi connectivity index (χ0v) is 13.2. The van der Waals surface area contributed by atoms with Gasteiger partial charge in [0, 0.05) is 11.9 Å². The number of hydrogen-bond donors (Lipinski definition) is 2. The molecular weight excluding hydrogens is 322 g/mol. The minimum absolute atomic E-state index is 0.0852. The molecule has 1 amide bonds. The largest absolute Gasteiger partial charge is 0.454 e. The summed E-state index contributed by atoms with van der Waals surface area (Å²) in [5.74, 6) is 1.21. The Morgan fingerprint density at radius 3 is 2.80 bits per heavy atom. The maximum atomic E-state index is 12.2. The number of fused-ring (bicyclic) bond motifs is 2. The second kappa shape index (κ2) is 6.27. The molecule has 0 unspecified atom stereocenters. The van der Waals surface area contributed by atoms with E-state index in [0.717, 1.165) is 5.56 Å². The number of ether oxygens (including phenoxy) is 2. The first-order valence-corrected chi connectivity index (χ1v) is 7.82. The molecule has 1 aliphatic rings. The van der Waals surface area contributed by atoms with E-state index in [-0.39, 0.29) is 24.7 Å². The van der Waals surface area contributed by atoms with Gasteiger partial charge in [0.05, 0.1) is 17.5 Å². The molecule has 1 aromatic heterocycles. The van der Waals surface area contributed by atoms with E-state index in [4.69, 9.17) is 9.47 Å². The van der Waals surface area contributed by atoms with Crippen molar-refractivity contribution < 1.29 is 14.3 Å². The van der Waals surface area contributed by atoms with Crippen LogP contribution in [-0.2, 0) is 17.8 Å². The number of carbonyl (C=O) groups is 1. The van der Waals surface area contributed by atoms with Crippen LogP contribution in [0.5, 0.6) is 11.5 Å². The smallest absolute Gasteiger partial charge is 0.272 e. The minimum atomic E-state index is -0.264. The maximum absolute atomic E-state index is 12.2. The van der Waals surface area contributed by atoms with Crippen LogP contribution in [-0.4, -0.2) is 22.9 Å². The Kier molecular flexibility index (Phi) is 3.81. The van der Waals surface area contributed by atoms with Gasteiger partial charge in [-0.05, 0) is 23.8 Å². The molecule has 0 fully saturated rings. The monoisotopic (exact) mass is 337 g/mol. The normalized spacial score (nSPS) is 12.3. The molecule has 7 nitrogen and oxygen atoms in total. The van der Waals surface area contributed by atoms with Crippen molar-refractivity contribution in [2.24, 2.45) is 0 Å². The van der Waals surface area contributed by atoms with Crippen molar-refractivity contribution in [3.63, 3.8) is 0 Å². The summed E-state index contributed by atoms with van der Waals surface area (Å²) in [5.41, 5.74) is 1.19.